The summed E-state index contributed by atoms with van der Waals surface area (Å²) in [4.78, 5) is 2.33. The Labute approximate surface area is 362 Å². The molecule has 292 valence electrons. The fourth-order valence-corrected chi connectivity index (χ4v) is 8.84. The van der Waals surface area contributed by atoms with Gasteiger partial charge in [0, 0.05) is 33.5 Å². The van der Waals surface area contributed by atoms with Crippen molar-refractivity contribution in [3.63, 3.8) is 0 Å². The monoisotopic (exact) mass is 790 g/mol. The van der Waals surface area contributed by atoms with Crippen LogP contribution in [-0.2, 0) is 0 Å². The van der Waals surface area contributed by atoms with Gasteiger partial charge in [-0.2, -0.15) is 0 Å². The Balaban J connectivity index is 0.850. The van der Waals surface area contributed by atoms with Crippen LogP contribution in [0.1, 0.15) is 0 Å². The van der Waals surface area contributed by atoms with Crippen LogP contribution < -0.4 is 4.90 Å². The second-order valence-corrected chi connectivity index (χ2v) is 15.8. The van der Waals surface area contributed by atoms with E-state index in [9.17, 15) is 0 Å². The fourth-order valence-electron chi connectivity index (χ4n) is 8.84. The van der Waals surface area contributed by atoms with Crippen LogP contribution in [0.3, 0.4) is 0 Å². The minimum atomic E-state index is 1.10. The molecule has 0 saturated carbocycles. The number of hydrogen-bond acceptors (Lipinski definition) is 1. The molecule has 1 aromatic heterocycles. The van der Waals surface area contributed by atoms with Crippen LogP contribution in [0, 0.1) is 0 Å². The molecule has 0 saturated heterocycles. The maximum Gasteiger partial charge on any atom is 0.0541 e. The molecule has 2 nitrogen and oxygen atoms in total. The summed E-state index contributed by atoms with van der Waals surface area (Å²) >= 11 is 0. The third-order valence-corrected chi connectivity index (χ3v) is 12.0. The van der Waals surface area contributed by atoms with Crippen molar-refractivity contribution in [1.82, 2.24) is 4.57 Å². The predicted octanol–water partition coefficient (Wildman–Crippen LogP) is 16.6. The molecule has 0 amide bonds. The molecule has 0 aliphatic heterocycles. The molecule has 62 heavy (non-hydrogen) atoms. The van der Waals surface area contributed by atoms with Gasteiger partial charge in [0.05, 0.1) is 11.0 Å². The Bertz CT molecular complexity index is 3180. The average molecular weight is 791 g/mol. The topological polar surface area (TPSA) is 8.17 Å². The minimum absolute atomic E-state index is 1.10. The van der Waals surface area contributed by atoms with Crippen molar-refractivity contribution in [3.8, 4) is 61.3 Å². The smallest absolute Gasteiger partial charge is 0.0541 e. The fraction of sp³-hybridized carbons (Fsp3) is 0. The summed E-state index contributed by atoms with van der Waals surface area (Å²) in [7, 11) is 0. The zero-order valence-corrected chi connectivity index (χ0v) is 34.1. The van der Waals surface area contributed by atoms with E-state index in [0.717, 1.165) is 17.1 Å². The number of hydrogen-bond donors (Lipinski definition) is 0. The van der Waals surface area contributed by atoms with Crippen molar-refractivity contribution in [2.24, 2.45) is 0 Å². The molecule has 10 aromatic carbocycles. The highest BCUT2D eigenvalue weighted by Gasteiger charge is 2.15. The first-order chi connectivity index (χ1) is 30.7. The van der Waals surface area contributed by atoms with E-state index in [2.05, 4.69) is 264 Å². The highest BCUT2D eigenvalue weighted by molar-refractivity contribution is 6.10. The third-order valence-electron chi connectivity index (χ3n) is 12.0. The van der Waals surface area contributed by atoms with E-state index >= 15 is 0 Å². The van der Waals surface area contributed by atoms with Crippen molar-refractivity contribution in [1.29, 1.82) is 0 Å². The van der Waals surface area contributed by atoms with E-state index < -0.39 is 0 Å². The van der Waals surface area contributed by atoms with Crippen LogP contribution >= 0.6 is 0 Å². The third kappa shape index (κ3) is 7.04. The number of anilines is 3. The van der Waals surface area contributed by atoms with Gasteiger partial charge in [-0.1, -0.05) is 188 Å². The molecule has 0 fully saturated rings. The Kier molecular flexibility index (Phi) is 9.57. The van der Waals surface area contributed by atoms with Gasteiger partial charge in [0.15, 0.2) is 0 Å². The van der Waals surface area contributed by atoms with Crippen LogP contribution in [0.25, 0.3) is 83.1 Å². The maximum atomic E-state index is 2.36. The first-order valence-electron chi connectivity index (χ1n) is 21.2. The van der Waals surface area contributed by atoms with E-state index in [-0.39, 0.29) is 0 Å². The van der Waals surface area contributed by atoms with Crippen LogP contribution in [0.5, 0.6) is 0 Å². The summed E-state index contributed by atoms with van der Waals surface area (Å²) in [6, 6.07) is 91.8. The van der Waals surface area contributed by atoms with Gasteiger partial charge in [0.2, 0.25) is 0 Å². The molecule has 11 aromatic rings. The highest BCUT2D eigenvalue weighted by Crippen LogP contribution is 2.39. The van der Waals surface area contributed by atoms with Gasteiger partial charge in [-0.3, -0.25) is 0 Å². The molecule has 0 N–H and O–H groups in total. The quantitative estimate of drug-likeness (QED) is 0.141. The summed E-state index contributed by atoms with van der Waals surface area (Å²) in [6.45, 7) is 0. The van der Waals surface area contributed by atoms with Gasteiger partial charge in [0.1, 0.15) is 0 Å². The van der Waals surface area contributed by atoms with Crippen molar-refractivity contribution < 1.29 is 0 Å². The van der Waals surface area contributed by atoms with Crippen LogP contribution in [0.2, 0.25) is 0 Å². The van der Waals surface area contributed by atoms with Gasteiger partial charge in [-0.15, -0.1) is 0 Å². The molecule has 2 heteroatoms. The molecular weight excluding hydrogens is 749 g/mol. The van der Waals surface area contributed by atoms with Crippen molar-refractivity contribution in [2.45, 2.75) is 0 Å². The molecule has 0 bridgehead atoms. The molecule has 11 rings (SSSR count). The second kappa shape index (κ2) is 16.1. The lowest BCUT2D eigenvalue weighted by Crippen LogP contribution is -2.09. The number of benzene rings is 10. The lowest BCUT2D eigenvalue weighted by Gasteiger charge is -2.26. The first-order valence-corrected chi connectivity index (χ1v) is 21.2. The van der Waals surface area contributed by atoms with E-state index in [1.807, 2.05) is 0 Å². The molecule has 0 atom stereocenters. The Morgan fingerprint density at radius 2 is 0.532 bits per heavy atom. The Morgan fingerprint density at radius 1 is 0.226 bits per heavy atom. The first kappa shape index (κ1) is 36.8. The predicted molar refractivity (Wildman–Crippen MR) is 263 cm³/mol. The molecule has 0 radical (unpaired) electrons. The minimum Gasteiger partial charge on any atom is -0.311 e. The number of rotatable bonds is 9. The van der Waals surface area contributed by atoms with E-state index in [4.69, 9.17) is 0 Å². The summed E-state index contributed by atoms with van der Waals surface area (Å²) in [5.41, 5.74) is 18.9. The maximum absolute atomic E-state index is 2.36. The second-order valence-electron chi connectivity index (χ2n) is 15.8. The number of nitrogens with zero attached hydrogens (tertiary/aromatic N) is 2. The van der Waals surface area contributed by atoms with Gasteiger partial charge < -0.3 is 9.47 Å². The summed E-state index contributed by atoms with van der Waals surface area (Å²) < 4.78 is 2.36. The molecular formula is C60H42N2. The molecule has 0 unspecified atom stereocenters. The summed E-state index contributed by atoms with van der Waals surface area (Å²) in [5, 5.41) is 2.52. The Morgan fingerprint density at radius 3 is 0.968 bits per heavy atom. The molecule has 1 heterocycles. The van der Waals surface area contributed by atoms with Crippen LogP contribution in [0.4, 0.5) is 17.1 Å². The molecule has 0 aliphatic carbocycles. The highest BCUT2D eigenvalue weighted by atomic mass is 15.1. The average Bonchev–Trinajstić information content (AvgIpc) is 3.69. The van der Waals surface area contributed by atoms with Crippen molar-refractivity contribution in [3.05, 3.63) is 255 Å². The van der Waals surface area contributed by atoms with Crippen LogP contribution in [0.15, 0.2) is 255 Å². The Hall–Kier alpha value is -8.20. The molecule has 0 spiro atoms. The molecule has 0 aliphatic rings. The van der Waals surface area contributed by atoms with E-state index in [0.29, 0.717) is 0 Å². The zero-order chi connectivity index (χ0) is 41.2. The van der Waals surface area contributed by atoms with Crippen molar-refractivity contribution in [2.75, 3.05) is 4.90 Å². The van der Waals surface area contributed by atoms with Gasteiger partial charge in [0.25, 0.3) is 0 Å². The van der Waals surface area contributed by atoms with Crippen LogP contribution in [-0.4, -0.2) is 4.57 Å². The summed E-state index contributed by atoms with van der Waals surface area (Å²) in [5.74, 6) is 0. The normalized spacial score (nSPS) is 11.2. The number of aromatic nitrogens is 1. The standard InChI is InChI=1S/C60H42N2/c1-4-12-43(13-5-1)48-28-35-54(36-29-48)61(55-37-30-49(31-38-55)44-14-6-2-7-15-44)56-39-32-50(33-40-56)47-22-20-45(21-23-47)46-24-26-51(27-25-46)52-34-41-60-58(42-52)57-18-10-11-19-59(57)62(60)53-16-8-3-9-17-53/h1-42H. The van der Waals surface area contributed by atoms with Gasteiger partial charge in [-0.25, -0.2) is 0 Å². The van der Waals surface area contributed by atoms with Crippen molar-refractivity contribution >= 4 is 38.9 Å². The van der Waals surface area contributed by atoms with E-state index in [1.54, 1.807) is 0 Å². The van der Waals surface area contributed by atoms with Gasteiger partial charge in [-0.05, 0) is 122 Å². The number of para-hydroxylation sites is 2. The SMILES string of the molecule is c1ccc(-c2ccc(N(c3ccc(-c4ccccc4)cc3)c3ccc(-c4ccc(-c5ccc(-c6ccc7c(c6)c6ccccc6n7-c6ccccc6)cc5)cc4)cc3)cc2)cc1. The number of fused-ring (bicyclic) bond motifs is 3. The zero-order valence-electron chi connectivity index (χ0n) is 34.1. The van der Waals surface area contributed by atoms with E-state index in [1.165, 1.54) is 83.1 Å². The lowest BCUT2D eigenvalue weighted by molar-refractivity contribution is 1.18. The lowest BCUT2D eigenvalue weighted by atomic mass is 9.97. The largest absolute Gasteiger partial charge is 0.311 e. The van der Waals surface area contributed by atoms with Gasteiger partial charge >= 0.3 is 0 Å². The summed E-state index contributed by atoms with van der Waals surface area (Å²) in [6.07, 6.45) is 0.